The topological polar surface area (TPSA) is 24.7 Å². The predicted molar refractivity (Wildman–Crippen MR) is 57.4 cm³/mol. The van der Waals surface area contributed by atoms with E-state index in [1.807, 2.05) is 13.8 Å². The summed E-state index contributed by atoms with van der Waals surface area (Å²) in [6, 6.07) is 3.02. The molecule has 0 fully saturated rings. The molecule has 3 heteroatoms. The van der Waals surface area contributed by atoms with Gasteiger partial charge in [-0.05, 0) is 13.8 Å². The van der Waals surface area contributed by atoms with Gasteiger partial charge in [-0.25, -0.2) is 9.98 Å². The van der Waals surface area contributed by atoms with E-state index in [1.165, 1.54) is 0 Å². The predicted octanol–water partition coefficient (Wildman–Crippen LogP) is 1.67. The second kappa shape index (κ2) is 5.90. The van der Waals surface area contributed by atoms with E-state index in [4.69, 9.17) is 0 Å². The third-order valence-electron chi connectivity index (χ3n) is 1.49. The minimum atomic E-state index is 0.308. The largest absolute Gasteiger partial charge is 0.331 e. The van der Waals surface area contributed by atoms with Crippen LogP contribution >= 0.6 is 0 Å². The molecule has 0 aromatic heterocycles. The van der Waals surface area contributed by atoms with Crippen molar-refractivity contribution in [1.82, 2.24) is 0 Å². The Morgan fingerprint density at radius 1 is 1.23 bits per heavy atom. The number of hydrogen-bond acceptors (Lipinski definition) is 2. The van der Waals surface area contributed by atoms with Crippen LogP contribution < -0.4 is 0 Å². The lowest BCUT2D eigenvalue weighted by atomic mass is 10.4. The molecule has 0 unspecified atom stereocenters. The highest BCUT2D eigenvalue weighted by Gasteiger charge is 2.04. The van der Waals surface area contributed by atoms with Gasteiger partial charge in [-0.3, -0.25) is 0 Å². The fourth-order valence-electron chi connectivity index (χ4n) is 0.830. The molecule has 0 rings (SSSR count). The molecule has 0 saturated carbocycles. The van der Waals surface area contributed by atoms with Crippen molar-refractivity contribution < 1.29 is 4.48 Å². The lowest BCUT2D eigenvalue weighted by Crippen LogP contribution is -2.35. The second-order valence-electron chi connectivity index (χ2n) is 4.57. The van der Waals surface area contributed by atoms with Crippen LogP contribution in [0.25, 0.3) is 0 Å². The van der Waals surface area contributed by atoms with Gasteiger partial charge >= 0.3 is 0 Å². The van der Waals surface area contributed by atoms with Gasteiger partial charge in [-0.2, -0.15) is 0 Å². The smallest absolute Gasteiger partial charge is 0.0895 e. The highest BCUT2D eigenvalue weighted by Crippen LogP contribution is 1.93. The molecule has 0 saturated heterocycles. The summed E-state index contributed by atoms with van der Waals surface area (Å²) < 4.78 is 0.997. The Bertz CT molecular complexity index is 183. The van der Waals surface area contributed by atoms with E-state index in [1.54, 1.807) is 0 Å². The molecule has 0 aromatic rings. The van der Waals surface area contributed by atoms with E-state index in [0.29, 0.717) is 6.04 Å². The first-order chi connectivity index (χ1) is 5.92. The van der Waals surface area contributed by atoms with Crippen molar-refractivity contribution >= 4 is 6.01 Å². The number of aliphatic imine (C=N–C) groups is 2. The fraction of sp³-hybridized carbons (Fsp3) is 0.900. The van der Waals surface area contributed by atoms with Crippen LogP contribution in [-0.4, -0.2) is 50.8 Å². The first-order valence-electron chi connectivity index (χ1n) is 4.83. The third-order valence-corrected chi connectivity index (χ3v) is 1.49. The van der Waals surface area contributed by atoms with Crippen LogP contribution in [0.5, 0.6) is 0 Å². The average molecular weight is 184 g/mol. The van der Waals surface area contributed by atoms with Gasteiger partial charge in [0.1, 0.15) is 0 Å². The maximum absolute atomic E-state index is 4.09. The molecule has 0 aromatic carbocycles. The van der Waals surface area contributed by atoms with Crippen LogP contribution in [0.15, 0.2) is 9.98 Å². The summed E-state index contributed by atoms with van der Waals surface area (Å²) in [4.78, 5) is 8.12. The molecule has 76 valence electrons. The Morgan fingerprint density at radius 3 is 2.31 bits per heavy atom. The molecule has 0 aliphatic rings. The highest BCUT2D eigenvalue weighted by atomic mass is 15.3. The zero-order valence-corrected chi connectivity index (χ0v) is 9.54. The van der Waals surface area contributed by atoms with E-state index in [9.17, 15) is 0 Å². The van der Waals surface area contributed by atoms with Crippen molar-refractivity contribution in [3.05, 3.63) is 0 Å². The van der Waals surface area contributed by atoms with Crippen LogP contribution in [0, 0.1) is 0 Å². The maximum atomic E-state index is 4.09. The van der Waals surface area contributed by atoms with E-state index in [2.05, 4.69) is 37.1 Å². The lowest BCUT2D eigenvalue weighted by molar-refractivity contribution is -0.870. The van der Waals surface area contributed by atoms with Crippen LogP contribution in [0.1, 0.15) is 20.3 Å². The fourth-order valence-corrected chi connectivity index (χ4v) is 0.830. The normalized spacial score (nSPS) is 11.2. The molecule has 0 atom stereocenters. The molecule has 0 N–H and O–H groups in total. The second-order valence-corrected chi connectivity index (χ2v) is 4.57. The molecule has 0 amide bonds. The molecule has 3 nitrogen and oxygen atoms in total. The van der Waals surface area contributed by atoms with E-state index in [0.717, 1.165) is 24.0 Å². The van der Waals surface area contributed by atoms with Gasteiger partial charge in [0.2, 0.25) is 0 Å². The zero-order valence-electron chi connectivity index (χ0n) is 9.54. The summed E-state index contributed by atoms with van der Waals surface area (Å²) in [5.41, 5.74) is 0. The lowest BCUT2D eigenvalue weighted by Gasteiger charge is -2.22. The van der Waals surface area contributed by atoms with Gasteiger partial charge in [0.05, 0.1) is 46.3 Å². The number of nitrogens with zero attached hydrogens (tertiary/aromatic N) is 3. The van der Waals surface area contributed by atoms with E-state index >= 15 is 0 Å². The molecule has 0 radical (unpaired) electrons. The summed E-state index contributed by atoms with van der Waals surface area (Å²) in [5, 5.41) is 0. The molecule has 13 heavy (non-hydrogen) atoms. The van der Waals surface area contributed by atoms with Gasteiger partial charge in [0.25, 0.3) is 0 Å². The molecule has 0 heterocycles. The minimum absolute atomic E-state index is 0.308. The van der Waals surface area contributed by atoms with E-state index < -0.39 is 0 Å². The Kier molecular flexibility index (Phi) is 5.60. The maximum Gasteiger partial charge on any atom is 0.0895 e. The molecule has 0 spiro atoms. The van der Waals surface area contributed by atoms with Crippen molar-refractivity contribution in [3.8, 4) is 0 Å². The quantitative estimate of drug-likeness (QED) is 0.353. The molecule has 0 aliphatic carbocycles. The number of hydrogen-bond donors (Lipinski definition) is 0. The van der Waals surface area contributed by atoms with Crippen LogP contribution in [0.2, 0.25) is 0 Å². The van der Waals surface area contributed by atoms with Crippen molar-refractivity contribution in [2.24, 2.45) is 9.98 Å². The Hall–Kier alpha value is -0.660. The standard InChI is InChI=1S/C10H22N3/c1-10(2)12-9-11-7-6-8-13(3,4)5/h10H,6-8H2,1-5H3/q+1. The van der Waals surface area contributed by atoms with Gasteiger partial charge in [-0.15, -0.1) is 0 Å². The van der Waals surface area contributed by atoms with Crippen molar-refractivity contribution in [2.45, 2.75) is 26.3 Å². The Labute approximate surface area is 81.8 Å². The van der Waals surface area contributed by atoms with Gasteiger partial charge in [0.15, 0.2) is 0 Å². The molecular weight excluding hydrogens is 162 g/mol. The van der Waals surface area contributed by atoms with Gasteiger partial charge < -0.3 is 4.48 Å². The summed E-state index contributed by atoms with van der Waals surface area (Å²) in [6.07, 6.45) is 1.10. The first kappa shape index (κ1) is 12.3. The van der Waals surface area contributed by atoms with Gasteiger partial charge in [0, 0.05) is 6.42 Å². The van der Waals surface area contributed by atoms with Crippen molar-refractivity contribution in [2.75, 3.05) is 34.2 Å². The SMILES string of the molecule is CC(C)N=C=NCCC[N+](C)(C)C. The zero-order chi connectivity index (χ0) is 10.3. The van der Waals surface area contributed by atoms with Crippen molar-refractivity contribution in [3.63, 3.8) is 0 Å². The summed E-state index contributed by atoms with van der Waals surface area (Å²) in [7, 11) is 6.56. The highest BCUT2D eigenvalue weighted by molar-refractivity contribution is 5.41. The number of rotatable bonds is 5. The summed E-state index contributed by atoms with van der Waals surface area (Å²) >= 11 is 0. The van der Waals surface area contributed by atoms with E-state index in [-0.39, 0.29) is 0 Å². The van der Waals surface area contributed by atoms with Crippen LogP contribution in [0.3, 0.4) is 0 Å². The molecule has 0 bridgehead atoms. The first-order valence-corrected chi connectivity index (χ1v) is 4.83. The van der Waals surface area contributed by atoms with Gasteiger partial charge in [-0.1, -0.05) is 0 Å². The Morgan fingerprint density at radius 2 is 1.85 bits per heavy atom. The number of quaternary nitrogens is 1. The molecular formula is C10H22N3+. The van der Waals surface area contributed by atoms with Crippen LogP contribution in [0.4, 0.5) is 0 Å². The molecule has 0 aliphatic heterocycles. The monoisotopic (exact) mass is 184 g/mol. The van der Waals surface area contributed by atoms with Crippen LogP contribution in [-0.2, 0) is 0 Å². The Balaban J connectivity index is 3.52. The summed E-state index contributed by atoms with van der Waals surface area (Å²) in [5.74, 6) is 0. The third kappa shape index (κ3) is 11.3. The summed E-state index contributed by atoms with van der Waals surface area (Å²) in [6.45, 7) is 6.03. The average Bonchev–Trinajstić information content (AvgIpc) is 1.93. The minimum Gasteiger partial charge on any atom is -0.331 e. The van der Waals surface area contributed by atoms with Crippen molar-refractivity contribution in [1.29, 1.82) is 0 Å².